The van der Waals surface area contributed by atoms with E-state index < -0.39 is 18.5 Å². The molecule has 0 fully saturated rings. The van der Waals surface area contributed by atoms with Crippen LogP contribution in [0.25, 0.3) is 0 Å². The molecule has 4 nitrogen and oxygen atoms in total. The van der Waals surface area contributed by atoms with Crippen molar-refractivity contribution in [3.63, 3.8) is 0 Å². The second-order valence-corrected chi connectivity index (χ2v) is 1.89. The van der Waals surface area contributed by atoms with Gasteiger partial charge in [0.05, 0.1) is 1.37 Å². The summed E-state index contributed by atoms with van der Waals surface area (Å²) in [5, 5.41) is 8.43. The third-order valence-electron chi connectivity index (χ3n) is 1.04. The maximum absolute atomic E-state index is 10.3. The summed E-state index contributed by atoms with van der Waals surface area (Å²) in [7, 11) is 0. The molecule has 0 saturated heterocycles. The van der Waals surface area contributed by atoms with Crippen molar-refractivity contribution in [2.45, 2.75) is 25.3 Å². The molecule has 0 amide bonds. The van der Waals surface area contributed by atoms with E-state index in [0.717, 1.165) is 0 Å². The van der Waals surface area contributed by atoms with Crippen LogP contribution in [0.4, 0.5) is 0 Å². The van der Waals surface area contributed by atoms with Crippen molar-refractivity contribution in [2.24, 2.45) is 11.5 Å². The Labute approximate surface area is 64.4 Å². The maximum Gasteiger partial charge on any atom is 0.320 e. The highest BCUT2D eigenvalue weighted by atomic mass is 16.4. The normalized spacial score (nSPS) is 22.0. The van der Waals surface area contributed by atoms with Crippen molar-refractivity contribution in [3.05, 3.63) is 0 Å². The van der Waals surface area contributed by atoms with Crippen molar-refractivity contribution in [1.29, 1.82) is 0 Å². The molecular formula is C6H14N2O2. The van der Waals surface area contributed by atoms with Gasteiger partial charge in [0.1, 0.15) is 6.02 Å². The minimum absolute atomic E-state index is 0.00188. The smallest absolute Gasteiger partial charge is 0.320 e. The van der Waals surface area contributed by atoms with Gasteiger partial charge in [0.15, 0.2) is 0 Å². The van der Waals surface area contributed by atoms with E-state index in [0.29, 0.717) is 0 Å². The van der Waals surface area contributed by atoms with Gasteiger partial charge in [0.25, 0.3) is 0 Å². The number of nitrogens with two attached hydrogens (primary N) is 2. The summed E-state index contributed by atoms with van der Waals surface area (Å²) < 4.78 is 21.0. The Hall–Kier alpha value is -0.610. The fourth-order valence-corrected chi connectivity index (χ4v) is 0.488. The van der Waals surface area contributed by atoms with Crippen molar-refractivity contribution >= 4 is 5.97 Å². The number of carbonyl (C=O) groups is 1. The van der Waals surface area contributed by atoms with Gasteiger partial charge in [-0.2, -0.15) is 0 Å². The highest BCUT2D eigenvalue weighted by Gasteiger charge is 2.09. The van der Waals surface area contributed by atoms with E-state index in [9.17, 15) is 4.79 Å². The van der Waals surface area contributed by atoms with Crippen LogP contribution in [0.2, 0.25) is 0 Å². The molecule has 0 aromatic heterocycles. The average molecular weight is 149 g/mol. The fourth-order valence-electron chi connectivity index (χ4n) is 0.488. The summed E-state index contributed by atoms with van der Waals surface area (Å²) in [6.45, 7) is -1.82. The molecule has 0 aromatic rings. The fraction of sp³-hybridized carbons (Fsp3) is 0.833. The van der Waals surface area contributed by atoms with Crippen molar-refractivity contribution in [3.8, 4) is 0 Å². The van der Waals surface area contributed by atoms with E-state index in [1.54, 1.807) is 0 Å². The van der Waals surface area contributed by atoms with Gasteiger partial charge in [-0.3, -0.25) is 4.79 Å². The summed E-state index contributed by atoms with van der Waals surface area (Å²) in [4.78, 5) is 10.3. The van der Waals surface area contributed by atoms with Crippen molar-refractivity contribution in [1.82, 2.24) is 0 Å². The first-order valence-corrected chi connectivity index (χ1v) is 2.96. The quantitative estimate of drug-likeness (QED) is 0.493. The van der Waals surface area contributed by atoms with Crippen LogP contribution in [0, 0.1) is 0 Å². The Morgan fingerprint density at radius 1 is 1.80 bits per heavy atom. The van der Waals surface area contributed by atoms with Crippen LogP contribution in [-0.4, -0.2) is 23.6 Å². The van der Waals surface area contributed by atoms with E-state index in [1.165, 1.54) is 0 Å². The van der Waals surface area contributed by atoms with Gasteiger partial charge in [0, 0.05) is 2.74 Å². The Kier molecular flexibility index (Phi) is 2.65. The van der Waals surface area contributed by atoms with Crippen LogP contribution < -0.4 is 11.5 Å². The first-order chi connectivity index (χ1) is 5.65. The van der Waals surface area contributed by atoms with Crippen LogP contribution in [0.5, 0.6) is 0 Å². The molecule has 5 N–H and O–H groups in total. The first-order valence-electron chi connectivity index (χ1n) is 4.46. The monoisotopic (exact) mass is 149 g/mol. The Morgan fingerprint density at radius 3 is 2.80 bits per heavy atom. The van der Waals surface area contributed by atoms with Crippen molar-refractivity contribution in [2.75, 3.05) is 6.50 Å². The molecule has 60 valence electrons. The molecule has 4 heteroatoms. The van der Waals surface area contributed by atoms with Gasteiger partial charge in [0.2, 0.25) is 0 Å². The van der Waals surface area contributed by atoms with Crippen LogP contribution in [0.3, 0.4) is 0 Å². The number of hydrogen-bond donors (Lipinski definition) is 3. The zero-order valence-corrected chi connectivity index (χ0v) is 5.63. The van der Waals surface area contributed by atoms with Gasteiger partial charge < -0.3 is 16.6 Å². The van der Waals surface area contributed by atoms with Crippen LogP contribution in [0.15, 0.2) is 0 Å². The average Bonchev–Trinajstić information content (AvgIpc) is 1.82. The highest BCUT2D eigenvalue weighted by molar-refractivity contribution is 5.72. The summed E-state index contributed by atoms with van der Waals surface area (Å²) >= 11 is 0. The summed E-state index contributed by atoms with van der Waals surface area (Å²) in [6.07, 6.45) is 0.0625. The molecule has 0 radical (unpaired) electrons. The van der Waals surface area contributed by atoms with E-state index >= 15 is 0 Å². The third-order valence-corrected chi connectivity index (χ3v) is 1.04. The van der Waals surface area contributed by atoms with Gasteiger partial charge >= 0.3 is 5.97 Å². The Balaban J connectivity index is 3.84. The summed E-state index contributed by atoms with van der Waals surface area (Å²) in [5.41, 5.74) is 10.1. The SMILES string of the molecule is [2H]C([2H])(N)CCCC([2H])(N)C(=O)O. The van der Waals surface area contributed by atoms with E-state index in [4.69, 9.17) is 20.7 Å². The minimum Gasteiger partial charge on any atom is -0.480 e. The highest BCUT2D eigenvalue weighted by Crippen LogP contribution is 1.96. The predicted molar refractivity (Wildman–Crippen MR) is 38.5 cm³/mol. The van der Waals surface area contributed by atoms with E-state index in [1.807, 2.05) is 0 Å². The Bertz CT molecular complexity index is 191. The molecule has 0 bridgehead atoms. The van der Waals surface area contributed by atoms with Gasteiger partial charge in [-0.15, -0.1) is 0 Å². The van der Waals surface area contributed by atoms with E-state index in [2.05, 4.69) is 0 Å². The molecule has 0 aliphatic carbocycles. The predicted octanol–water partition coefficient (Wildman–Crippen LogP) is -0.473. The standard InChI is InChI=1S/C6H14N2O2/c7-4-2-1-3-5(8)6(9)10/h5H,1-4,7-8H2,(H,9,10)/i4D2,5D. The first kappa shape index (κ1) is 5.09. The molecule has 0 aliphatic rings. The lowest BCUT2D eigenvalue weighted by Gasteiger charge is -2.03. The van der Waals surface area contributed by atoms with Crippen LogP contribution >= 0.6 is 0 Å². The molecule has 1 atom stereocenters. The van der Waals surface area contributed by atoms with Gasteiger partial charge in [-0.25, -0.2) is 0 Å². The topological polar surface area (TPSA) is 89.3 Å². The lowest BCUT2D eigenvalue weighted by molar-refractivity contribution is -0.138. The number of aliphatic carboxylic acids is 1. The summed E-state index contributed by atoms with van der Waals surface area (Å²) in [6, 6.07) is -2.04. The zero-order chi connectivity index (χ0) is 10.7. The molecular weight excluding hydrogens is 132 g/mol. The number of carboxylic acids is 1. The van der Waals surface area contributed by atoms with Gasteiger partial charge in [-0.05, 0) is 19.3 Å². The summed E-state index contributed by atoms with van der Waals surface area (Å²) in [5.74, 6) is -1.41. The molecule has 1 unspecified atom stereocenters. The molecule has 0 aliphatic heterocycles. The third kappa shape index (κ3) is 4.29. The van der Waals surface area contributed by atoms with Gasteiger partial charge in [-0.1, -0.05) is 6.42 Å². The number of hydrogen-bond acceptors (Lipinski definition) is 3. The van der Waals surface area contributed by atoms with Crippen LogP contribution in [0.1, 0.15) is 23.4 Å². The second-order valence-electron chi connectivity index (χ2n) is 1.89. The Morgan fingerprint density at radius 2 is 2.40 bits per heavy atom. The molecule has 0 spiro atoms. The van der Waals surface area contributed by atoms with Crippen molar-refractivity contribution < 1.29 is 14.0 Å². The lowest BCUT2D eigenvalue weighted by atomic mass is 10.1. The lowest BCUT2D eigenvalue weighted by Crippen LogP contribution is -2.29. The second kappa shape index (κ2) is 5.20. The minimum atomic E-state index is -2.04. The number of carboxylic acid groups (broad SMARTS) is 1. The number of rotatable bonds is 5. The van der Waals surface area contributed by atoms with Crippen LogP contribution in [-0.2, 0) is 4.79 Å². The molecule has 0 saturated carbocycles. The zero-order valence-electron chi connectivity index (χ0n) is 8.63. The largest absolute Gasteiger partial charge is 0.480 e. The maximum atomic E-state index is 10.3. The molecule has 10 heavy (non-hydrogen) atoms. The van der Waals surface area contributed by atoms with E-state index in [-0.39, 0.29) is 19.3 Å². The molecule has 0 aromatic carbocycles. The molecule has 0 rings (SSSR count). The molecule has 0 heterocycles.